The molecule has 0 aliphatic rings. The molecule has 62 valence electrons. The highest BCUT2D eigenvalue weighted by Gasteiger charge is 1.93. The maximum absolute atomic E-state index is 8.68. The van der Waals surface area contributed by atoms with Crippen LogP contribution in [-0.4, -0.2) is 23.3 Å². The van der Waals surface area contributed by atoms with Gasteiger partial charge >= 0.3 is 0 Å². The molecule has 0 spiro atoms. The van der Waals surface area contributed by atoms with Crippen molar-refractivity contribution in [3.63, 3.8) is 0 Å². The Morgan fingerprint density at radius 2 is 2.10 bits per heavy atom. The molecule has 0 bridgehead atoms. The molecule has 1 atom stereocenters. The Kier molecular flexibility index (Phi) is 7.81. The molecule has 0 aromatic heterocycles. The van der Waals surface area contributed by atoms with Gasteiger partial charge in [-0.1, -0.05) is 22.4 Å². The summed E-state index contributed by atoms with van der Waals surface area (Å²) in [4.78, 5) is 0. The Labute approximate surface area is 70.7 Å². The van der Waals surface area contributed by atoms with Gasteiger partial charge in [-0.25, -0.2) is 0 Å². The normalized spacial score (nSPS) is 13.5. The van der Waals surface area contributed by atoms with Crippen molar-refractivity contribution in [3.05, 3.63) is 0 Å². The fraction of sp³-hybridized carbons (Fsp3) is 1.00. The molecule has 3 heteroatoms. The number of ether oxygens (including phenoxy) is 1. The van der Waals surface area contributed by atoms with E-state index in [1.807, 2.05) is 0 Å². The molecule has 0 fully saturated rings. The third-order valence-corrected chi connectivity index (χ3v) is 1.70. The summed E-state index contributed by atoms with van der Waals surface area (Å²) in [5.74, 6) is 0. The van der Waals surface area contributed by atoms with Gasteiger partial charge in [-0.15, -0.1) is 0 Å². The Balaban J connectivity index is 2.77. The topological polar surface area (TPSA) is 29.5 Å². The van der Waals surface area contributed by atoms with Gasteiger partial charge < -0.3 is 9.84 Å². The molecule has 0 amide bonds. The summed E-state index contributed by atoms with van der Waals surface area (Å²) in [5.41, 5.74) is 0. The van der Waals surface area contributed by atoms with Crippen LogP contribution in [0.25, 0.3) is 0 Å². The summed E-state index contributed by atoms with van der Waals surface area (Å²) in [7, 11) is 0. The van der Waals surface area contributed by atoms with Crippen LogP contribution in [0.4, 0.5) is 0 Å². The largest absolute Gasteiger partial charge is 0.368 e. The first-order valence-electron chi connectivity index (χ1n) is 3.63. The van der Waals surface area contributed by atoms with Crippen molar-refractivity contribution < 1.29 is 9.84 Å². The van der Waals surface area contributed by atoms with Crippen LogP contribution in [0.15, 0.2) is 0 Å². The van der Waals surface area contributed by atoms with E-state index < -0.39 is 6.29 Å². The summed E-state index contributed by atoms with van der Waals surface area (Å²) in [6, 6.07) is 0. The zero-order chi connectivity index (χ0) is 7.82. The molecule has 10 heavy (non-hydrogen) atoms. The molecule has 1 unspecified atom stereocenters. The Hall–Kier alpha value is 0.400. The van der Waals surface area contributed by atoms with Gasteiger partial charge in [0, 0.05) is 11.9 Å². The van der Waals surface area contributed by atoms with Crippen LogP contribution in [0.3, 0.4) is 0 Å². The summed E-state index contributed by atoms with van der Waals surface area (Å²) >= 11 is 3.34. The van der Waals surface area contributed by atoms with E-state index in [-0.39, 0.29) is 0 Å². The SMILES string of the molecule is CC(O)OCCCCCBr. The molecule has 0 radical (unpaired) electrons. The molecule has 0 saturated carbocycles. The van der Waals surface area contributed by atoms with Crippen LogP contribution in [0, 0.1) is 0 Å². The number of alkyl halides is 1. The smallest absolute Gasteiger partial charge is 0.151 e. The minimum Gasteiger partial charge on any atom is -0.368 e. The second kappa shape index (κ2) is 7.51. The molecule has 0 rings (SSSR count). The quantitative estimate of drug-likeness (QED) is 0.413. The second-order valence-electron chi connectivity index (χ2n) is 2.22. The Morgan fingerprint density at radius 1 is 1.40 bits per heavy atom. The molecule has 0 heterocycles. The summed E-state index contributed by atoms with van der Waals surface area (Å²) in [6.45, 7) is 2.30. The van der Waals surface area contributed by atoms with Crippen molar-refractivity contribution in [1.29, 1.82) is 0 Å². The number of aliphatic hydroxyl groups excluding tert-OH is 1. The maximum Gasteiger partial charge on any atom is 0.151 e. The summed E-state index contributed by atoms with van der Waals surface area (Å²) in [5, 5.41) is 9.73. The predicted molar refractivity (Wildman–Crippen MR) is 45.3 cm³/mol. The van der Waals surface area contributed by atoms with Crippen LogP contribution in [-0.2, 0) is 4.74 Å². The third kappa shape index (κ3) is 8.40. The fourth-order valence-electron chi connectivity index (χ4n) is 0.627. The predicted octanol–water partition coefficient (Wildman–Crippen LogP) is 1.91. The molecule has 0 saturated heterocycles. The molecule has 0 aromatic carbocycles. The molecule has 1 N–H and O–H groups in total. The van der Waals surface area contributed by atoms with E-state index in [0.717, 1.165) is 18.2 Å². The first-order chi connectivity index (χ1) is 4.77. The minimum atomic E-state index is -0.607. The number of rotatable bonds is 6. The van der Waals surface area contributed by atoms with Crippen LogP contribution in [0.1, 0.15) is 26.2 Å². The summed E-state index contributed by atoms with van der Waals surface area (Å²) in [6.07, 6.45) is 2.78. The number of hydrogen-bond acceptors (Lipinski definition) is 2. The van der Waals surface area contributed by atoms with Gasteiger partial charge in [0.2, 0.25) is 0 Å². The lowest BCUT2D eigenvalue weighted by atomic mass is 10.3. The average Bonchev–Trinajstić information content (AvgIpc) is 1.87. The number of unbranched alkanes of at least 4 members (excludes halogenated alkanes) is 2. The molecule has 0 aliphatic heterocycles. The monoisotopic (exact) mass is 210 g/mol. The van der Waals surface area contributed by atoms with E-state index in [9.17, 15) is 0 Å². The van der Waals surface area contributed by atoms with Crippen molar-refractivity contribution in [3.8, 4) is 0 Å². The van der Waals surface area contributed by atoms with Gasteiger partial charge in [0.1, 0.15) is 0 Å². The van der Waals surface area contributed by atoms with Crippen LogP contribution < -0.4 is 0 Å². The second-order valence-corrected chi connectivity index (χ2v) is 3.01. The molecular weight excluding hydrogens is 196 g/mol. The van der Waals surface area contributed by atoms with Crippen molar-refractivity contribution in [1.82, 2.24) is 0 Å². The van der Waals surface area contributed by atoms with E-state index in [2.05, 4.69) is 15.9 Å². The summed E-state index contributed by atoms with van der Waals surface area (Å²) < 4.78 is 4.93. The first-order valence-corrected chi connectivity index (χ1v) is 4.75. The zero-order valence-corrected chi connectivity index (χ0v) is 7.93. The highest BCUT2D eigenvalue weighted by molar-refractivity contribution is 9.09. The molecule has 0 aromatic rings. The zero-order valence-electron chi connectivity index (χ0n) is 6.35. The highest BCUT2D eigenvalue weighted by Crippen LogP contribution is 1.99. The van der Waals surface area contributed by atoms with Gasteiger partial charge in [0.05, 0.1) is 0 Å². The standard InChI is InChI=1S/C7H15BrO2/c1-7(9)10-6-4-2-3-5-8/h7,9H,2-6H2,1H3. The first kappa shape index (κ1) is 10.4. The van der Waals surface area contributed by atoms with Crippen molar-refractivity contribution in [2.75, 3.05) is 11.9 Å². The van der Waals surface area contributed by atoms with Gasteiger partial charge in [-0.2, -0.15) is 0 Å². The Bertz CT molecular complexity index is 66.6. The minimum absolute atomic E-state index is 0.607. The fourth-order valence-corrected chi connectivity index (χ4v) is 1.02. The number of hydrogen-bond donors (Lipinski definition) is 1. The lowest BCUT2D eigenvalue weighted by molar-refractivity contribution is -0.0858. The van der Waals surface area contributed by atoms with E-state index in [1.165, 1.54) is 6.42 Å². The lowest BCUT2D eigenvalue weighted by Gasteiger charge is -2.04. The number of aliphatic hydroxyl groups is 1. The highest BCUT2D eigenvalue weighted by atomic mass is 79.9. The molecule has 0 aliphatic carbocycles. The average molecular weight is 211 g/mol. The van der Waals surface area contributed by atoms with Crippen LogP contribution in [0.5, 0.6) is 0 Å². The van der Waals surface area contributed by atoms with E-state index in [0.29, 0.717) is 6.61 Å². The van der Waals surface area contributed by atoms with Gasteiger partial charge in [-0.3, -0.25) is 0 Å². The van der Waals surface area contributed by atoms with Crippen molar-refractivity contribution in [2.24, 2.45) is 0 Å². The third-order valence-electron chi connectivity index (χ3n) is 1.14. The Morgan fingerprint density at radius 3 is 2.60 bits per heavy atom. The van der Waals surface area contributed by atoms with Gasteiger partial charge in [0.15, 0.2) is 6.29 Å². The van der Waals surface area contributed by atoms with Crippen molar-refractivity contribution in [2.45, 2.75) is 32.5 Å². The van der Waals surface area contributed by atoms with E-state index >= 15 is 0 Å². The molecular formula is C7H15BrO2. The van der Waals surface area contributed by atoms with E-state index in [1.54, 1.807) is 6.92 Å². The van der Waals surface area contributed by atoms with Crippen LogP contribution >= 0.6 is 15.9 Å². The molecule has 2 nitrogen and oxygen atoms in total. The van der Waals surface area contributed by atoms with Gasteiger partial charge in [0.25, 0.3) is 0 Å². The van der Waals surface area contributed by atoms with Crippen molar-refractivity contribution >= 4 is 15.9 Å². The lowest BCUT2D eigenvalue weighted by Crippen LogP contribution is -2.07. The maximum atomic E-state index is 8.68. The number of halogens is 1. The van der Waals surface area contributed by atoms with Crippen LogP contribution in [0.2, 0.25) is 0 Å². The van der Waals surface area contributed by atoms with E-state index in [4.69, 9.17) is 9.84 Å². The van der Waals surface area contributed by atoms with Gasteiger partial charge in [-0.05, 0) is 19.8 Å².